The van der Waals surface area contributed by atoms with Gasteiger partial charge in [-0.15, -0.1) is 0 Å². The molecule has 0 N–H and O–H groups in total. The predicted octanol–water partition coefficient (Wildman–Crippen LogP) is 10.2. The van der Waals surface area contributed by atoms with Gasteiger partial charge in [0.25, 0.3) is 0 Å². The Balaban J connectivity index is 2.01. The molecule has 0 saturated heterocycles. The maximum absolute atomic E-state index is 7.16. The van der Waals surface area contributed by atoms with E-state index in [1.165, 1.54) is 0 Å². The summed E-state index contributed by atoms with van der Waals surface area (Å²) in [4.78, 5) is 0. The molecule has 4 rings (SSSR count). The molecule has 4 aromatic carbocycles. The van der Waals surface area contributed by atoms with Crippen molar-refractivity contribution in [2.75, 3.05) is 0 Å². The summed E-state index contributed by atoms with van der Waals surface area (Å²) in [5.41, 5.74) is 2.85. The normalized spacial score (nSPS) is 12.6. The van der Waals surface area contributed by atoms with Crippen LogP contribution in [-0.4, -0.2) is 0 Å². The van der Waals surface area contributed by atoms with Crippen LogP contribution < -0.4 is 18.9 Å². The maximum atomic E-state index is 7.16. The summed E-state index contributed by atoms with van der Waals surface area (Å²) in [5.74, 6) is 2.27. The quantitative estimate of drug-likeness (QED) is 0.212. The van der Waals surface area contributed by atoms with Gasteiger partial charge in [0.05, 0.1) is 0 Å². The average Bonchev–Trinajstić information content (AvgIpc) is 2.88. The van der Waals surface area contributed by atoms with E-state index in [1.807, 2.05) is 66.7 Å². The van der Waals surface area contributed by atoms with Crippen molar-refractivity contribution in [3.8, 4) is 17.2 Å². The molecule has 0 amide bonds. The summed E-state index contributed by atoms with van der Waals surface area (Å²) in [6.45, 7) is 19.8. The lowest BCUT2D eigenvalue weighted by molar-refractivity contribution is 0.355. The largest absolute Gasteiger partial charge is 0.580 e. The van der Waals surface area contributed by atoms with Gasteiger partial charge in [0.15, 0.2) is 17.2 Å². The van der Waals surface area contributed by atoms with Crippen LogP contribution in [-0.2, 0) is 16.2 Å². The van der Waals surface area contributed by atoms with E-state index in [4.69, 9.17) is 13.6 Å². The molecule has 0 unspecified atom stereocenters. The van der Waals surface area contributed by atoms with E-state index >= 15 is 0 Å². The van der Waals surface area contributed by atoms with Gasteiger partial charge in [0, 0.05) is 16.7 Å². The highest BCUT2D eigenvalue weighted by Gasteiger charge is 2.55. The zero-order valence-corrected chi connectivity index (χ0v) is 26.4. The fraction of sp³-hybridized carbons (Fsp3) is 0.333. The van der Waals surface area contributed by atoms with Gasteiger partial charge in [0.2, 0.25) is 5.30 Å². The second kappa shape index (κ2) is 11.3. The monoisotopic (exact) mass is 555 g/mol. The predicted molar refractivity (Wildman–Crippen MR) is 170 cm³/mol. The van der Waals surface area contributed by atoms with Crippen LogP contribution in [0.2, 0.25) is 0 Å². The highest BCUT2D eigenvalue weighted by Crippen LogP contribution is 2.62. The smallest absolute Gasteiger partial charge is 0.267 e. The number of hydrogen-bond acceptors (Lipinski definition) is 3. The van der Waals surface area contributed by atoms with E-state index in [9.17, 15) is 0 Å². The van der Waals surface area contributed by atoms with Crippen LogP contribution in [0.1, 0.15) is 79.0 Å². The van der Waals surface area contributed by atoms with Crippen molar-refractivity contribution in [3.05, 3.63) is 120 Å². The molecule has 0 aliphatic rings. The van der Waals surface area contributed by atoms with Gasteiger partial charge in [-0.05, 0) is 46.6 Å². The molecule has 0 atom stereocenters. The lowest BCUT2D eigenvalue weighted by atomic mass is 9.86. The van der Waals surface area contributed by atoms with Crippen molar-refractivity contribution in [3.63, 3.8) is 0 Å². The summed E-state index contributed by atoms with van der Waals surface area (Å²) < 4.78 is 21.5. The molecule has 0 spiro atoms. The molecular formula is C36H44O3P+. The highest BCUT2D eigenvalue weighted by atomic mass is 31.2. The minimum atomic E-state index is -3.30. The first-order valence-electron chi connectivity index (χ1n) is 14.0. The van der Waals surface area contributed by atoms with E-state index in [0.29, 0.717) is 0 Å². The van der Waals surface area contributed by atoms with E-state index in [2.05, 4.69) is 98.7 Å². The van der Waals surface area contributed by atoms with E-state index in [-0.39, 0.29) is 16.2 Å². The number of rotatable bonds is 7. The van der Waals surface area contributed by atoms with Gasteiger partial charge in [-0.3, -0.25) is 13.6 Å². The van der Waals surface area contributed by atoms with Gasteiger partial charge in [-0.25, -0.2) is 0 Å². The molecule has 0 aliphatic heterocycles. The minimum absolute atomic E-state index is 0.143. The number of hydrogen-bond donors (Lipinski definition) is 0. The zero-order chi connectivity index (χ0) is 29.2. The van der Waals surface area contributed by atoms with Gasteiger partial charge in [-0.2, -0.15) is 0 Å². The molecule has 4 heteroatoms. The summed E-state index contributed by atoms with van der Waals surface area (Å²) in [5, 5.41) is 0.867. The Morgan fingerprint density at radius 3 is 0.950 bits per heavy atom. The summed E-state index contributed by atoms with van der Waals surface area (Å²) in [6.07, 6.45) is 0. The SMILES string of the molecule is CC(C)(C)c1ccccc1O[P+](Oc1ccccc1C(C)(C)C)(Oc1ccccc1C(C)(C)C)c1ccccc1. The molecule has 0 aliphatic carbocycles. The third kappa shape index (κ3) is 6.70. The molecule has 3 nitrogen and oxygen atoms in total. The van der Waals surface area contributed by atoms with Crippen molar-refractivity contribution in [2.45, 2.75) is 78.6 Å². The van der Waals surface area contributed by atoms with Crippen LogP contribution in [0.4, 0.5) is 0 Å². The third-order valence-electron chi connectivity index (χ3n) is 6.81. The Hall–Kier alpha value is -3.29. The van der Waals surface area contributed by atoms with Gasteiger partial charge in [-0.1, -0.05) is 135 Å². The second-order valence-corrected chi connectivity index (χ2v) is 15.4. The molecule has 4 aromatic rings. The molecule has 0 aromatic heterocycles. The Kier molecular flexibility index (Phi) is 8.38. The zero-order valence-electron chi connectivity index (χ0n) is 25.5. The van der Waals surface area contributed by atoms with Crippen LogP contribution in [0, 0.1) is 0 Å². The topological polar surface area (TPSA) is 27.7 Å². The van der Waals surface area contributed by atoms with Crippen LogP contribution in [0.5, 0.6) is 17.2 Å². The summed E-state index contributed by atoms with van der Waals surface area (Å²) >= 11 is 0. The lowest BCUT2D eigenvalue weighted by Gasteiger charge is -2.30. The number of benzene rings is 4. The van der Waals surface area contributed by atoms with Crippen molar-refractivity contribution in [2.24, 2.45) is 0 Å². The van der Waals surface area contributed by atoms with Gasteiger partial charge < -0.3 is 0 Å². The summed E-state index contributed by atoms with van der Waals surface area (Å²) in [6, 6.07) is 34.8. The Morgan fingerprint density at radius 1 is 0.375 bits per heavy atom. The summed E-state index contributed by atoms with van der Waals surface area (Å²) in [7, 11) is -3.30. The van der Waals surface area contributed by atoms with Crippen LogP contribution in [0.25, 0.3) is 0 Å². The molecule has 0 heterocycles. The molecule has 210 valence electrons. The molecule has 0 bridgehead atoms. The highest BCUT2D eigenvalue weighted by molar-refractivity contribution is 7.70. The van der Waals surface area contributed by atoms with Crippen molar-refractivity contribution in [1.82, 2.24) is 0 Å². The lowest BCUT2D eigenvalue weighted by Crippen LogP contribution is -2.29. The van der Waals surface area contributed by atoms with Crippen molar-refractivity contribution in [1.29, 1.82) is 0 Å². The third-order valence-corrected chi connectivity index (χ3v) is 9.05. The van der Waals surface area contributed by atoms with Gasteiger partial charge >= 0.3 is 7.94 Å². The fourth-order valence-electron chi connectivity index (χ4n) is 4.71. The standard InChI is InChI=1S/C36H44O3P/c1-34(2,3)28-21-13-16-24-31(28)37-40(27-19-11-10-12-20-27,38-32-25-17-14-22-29(32)35(4,5)6)39-33-26-18-15-23-30(33)36(7,8)9/h10-26H,1-9H3/q+1. The first-order valence-corrected chi connectivity index (χ1v) is 15.6. The molecule has 0 fully saturated rings. The second-order valence-electron chi connectivity index (χ2n) is 13.3. The van der Waals surface area contributed by atoms with E-state index in [1.54, 1.807) is 0 Å². The minimum Gasteiger partial charge on any atom is -0.267 e. The Bertz CT molecular complexity index is 1280. The molecule has 0 saturated carbocycles. The van der Waals surface area contributed by atoms with E-state index in [0.717, 1.165) is 39.2 Å². The Labute approximate surface area is 242 Å². The first-order chi connectivity index (χ1) is 18.7. The molecule has 0 radical (unpaired) electrons. The van der Waals surface area contributed by atoms with Gasteiger partial charge in [0.1, 0.15) is 0 Å². The molecular weight excluding hydrogens is 511 g/mol. The fourth-order valence-corrected chi connectivity index (χ4v) is 6.93. The van der Waals surface area contributed by atoms with Crippen LogP contribution >= 0.6 is 7.94 Å². The molecule has 40 heavy (non-hydrogen) atoms. The van der Waals surface area contributed by atoms with Crippen LogP contribution in [0.15, 0.2) is 103 Å². The average molecular weight is 556 g/mol. The number of para-hydroxylation sites is 3. The van der Waals surface area contributed by atoms with Crippen molar-refractivity contribution >= 4 is 13.2 Å². The Morgan fingerprint density at radius 2 is 0.650 bits per heavy atom. The van der Waals surface area contributed by atoms with Crippen LogP contribution in [0.3, 0.4) is 0 Å². The first kappa shape index (κ1) is 29.7. The van der Waals surface area contributed by atoms with Crippen molar-refractivity contribution < 1.29 is 13.6 Å². The van der Waals surface area contributed by atoms with E-state index < -0.39 is 7.94 Å². The maximum Gasteiger partial charge on any atom is 0.580 e.